The summed E-state index contributed by atoms with van der Waals surface area (Å²) in [6.07, 6.45) is 1.74. The van der Waals surface area contributed by atoms with Gasteiger partial charge in [-0.25, -0.2) is 0 Å². The van der Waals surface area contributed by atoms with Crippen molar-refractivity contribution < 1.29 is 14.3 Å². The average Bonchev–Trinajstić information content (AvgIpc) is 3.14. The zero-order valence-electron chi connectivity index (χ0n) is 10.0. The highest BCUT2D eigenvalue weighted by Crippen LogP contribution is 2.30. The van der Waals surface area contributed by atoms with E-state index in [0.717, 1.165) is 18.4 Å². The van der Waals surface area contributed by atoms with E-state index in [2.05, 4.69) is 5.32 Å². The van der Waals surface area contributed by atoms with E-state index in [9.17, 15) is 9.59 Å². The van der Waals surface area contributed by atoms with E-state index in [1.807, 2.05) is 6.92 Å². The molecule has 0 spiro atoms. The molecule has 0 unspecified atom stereocenters. The second-order valence-corrected chi connectivity index (χ2v) is 4.83. The first-order chi connectivity index (χ1) is 8.56. The Bertz CT molecular complexity index is 483. The van der Waals surface area contributed by atoms with Gasteiger partial charge in [0.15, 0.2) is 6.61 Å². The molecule has 1 aliphatic rings. The molecule has 1 amide bonds. The van der Waals surface area contributed by atoms with Crippen molar-refractivity contribution in [3.8, 4) is 0 Å². The molecule has 0 heterocycles. The van der Waals surface area contributed by atoms with Gasteiger partial charge in [0.2, 0.25) is 0 Å². The fourth-order valence-electron chi connectivity index (χ4n) is 1.53. The van der Waals surface area contributed by atoms with Gasteiger partial charge < -0.3 is 10.1 Å². The van der Waals surface area contributed by atoms with Crippen molar-refractivity contribution in [3.05, 3.63) is 28.8 Å². The summed E-state index contributed by atoms with van der Waals surface area (Å²) >= 11 is 5.82. The lowest BCUT2D eigenvalue weighted by Gasteiger charge is -2.09. The Kier molecular flexibility index (Phi) is 3.87. The molecular weight excluding hydrogens is 254 g/mol. The summed E-state index contributed by atoms with van der Waals surface area (Å²) in [6.45, 7) is 1.61. The zero-order valence-corrected chi connectivity index (χ0v) is 10.8. The van der Waals surface area contributed by atoms with Gasteiger partial charge in [-0.15, -0.1) is 0 Å². The monoisotopic (exact) mass is 267 g/mol. The smallest absolute Gasteiger partial charge is 0.309 e. The average molecular weight is 268 g/mol. The zero-order chi connectivity index (χ0) is 13.1. The fourth-order valence-corrected chi connectivity index (χ4v) is 1.75. The van der Waals surface area contributed by atoms with Crippen LogP contribution < -0.4 is 5.32 Å². The Hall–Kier alpha value is -1.55. The van der Waals surface area contributed by atoms with Gasteiger partial charge in [-0.1, -0.05) is 11.6 Å². The van der Waals surface area contributed by atoms with Crippen LogP contribution in [0.15, 0.2) is 18.2 Å². The molecule has 96 valence electrons. The van der Waals surface area contributed by atoms with Crippen molar-refractivity contribution >= 4 is 29.2 Å². The van der Waals surface area contributed by atoms with Crippen LogP contribution in [0.25, 0.3) is 0 Å². The van der Waals surface area contributed by atoms with Crippen molar-refractivity contribution in [1.82, 2.24) is 0 Å². The molecule has 1 N–H and O–H groups in total. The lowest BCUT2D eigenvalue weighted by molar-refractivity contribution is -0.148. The molecule has 4 nitrogen and oxygen atoms in total. The van der Waals surface area contributed by atoms with E-state index in [1.165, 1.54) is 0 Å². The predicted octanol–water partition coefficient (Wildman–Crippen LogP) is 2.54. The third-order valence-electron chi connectivity index (χ3n) is 2.72. The summed E-state index contributed by atoms with van der Waals surface area (Å²) in [5.41, 5.74) is 1.54. The van der Waals surface area contributed by atoms with Crippen LogP contribution in [0.3, 0.4) is 0 Å². The van der Waals surface area contributed by atoms with Crippen LogP contribution in [0.2, 0.25) is 5.02 Å². The normalized spacial score (nSPS) is 14.1. The molecule has 0 saturated heterocycles. The number of halogens is 1. The number of nitrogens with one attached hydrogen (secondary N) is 1. The van der Waals surface area contributed by atoms with E-state index in [-0.39, 0.29) is 24.4 Å². The largest absolute Gasteiger partial charge is 0.455 e. The molecule has 18 heavy (non-hydrogen) atoms. The summed E-state index contributed by atoms with van der Waals surface area (Å²) in [5, 5.41) is 3.29. The van der Waals surface area contributed by atoms with Gasteiger partial charge >= 0.3 is 5.97 Å². The Morgan fingerprint density at radius 2 is 2.17 bits per heavy atom. The molecule has 2 rings (SSSR count). The van der Waals surface area contributed by atoms with E-state index < -0.39 is 0 Å². The van der Waals surface area contributed by atoms with Crippen LogP contribution in [0, 0.1) is 12.8 Å². The topological polar surface area (TPSA) is 55.4 Å². The van der Waals surface area contributed by atoms with Crippen molar-refractivity contribution in [2.75, 3.05) is 11.9 Å². The van der Waals surface area contributed by atoms with Gasteiger partial charge in [0.1, 0.15) is 0 Å². The van der Waals surface area contributed by atoms with E-state index >= 15 is 0 Å². The Morgan fingerprint density at radius 1 is 1.44 bits per heavy atom. The predicted molar refractivity (Wildman–Crippen MR) is 68.5 cm³/mol. The maximum absolute atomic E-state index is 11.6. The number of hydrogen-bond donors (Lipinski definition) is 1. The van der Waals surface area contributed by atoms with Gasteiger partial charge in [0.25, 0.3) is 5.91 Å². The number of carbonyl (C=O) groups is 2. The molecular formula is C13H14ClNO3. The minimum atomic E-state index is -0.338. The molecule has 0 aromatic heterocycles. The summed E-state index contributed by atoms with van der Waals surface area (Å²) in [6, 6.07) is 5.17. The Morgan fingerprint density at radius 3 is 2.78 bits per heavy atom. The van der Waals surface area contributed by atoms with Crippen molar-refractivity contribution in [3.63, 3.8) is 0 Å². The van der Waals surface area contributed by atoms with Crippen LogP contribution in [-0.2, 0) is 14.3 Å². The standard InChI is InChI=1S/C13H14ClNO3/c1-8-6-10(14)4-5-11(8)15-12(16)7-18-13(17)9-2-3-9/h4-6,9H,2-3,7H2,1H3,(H,15,16). The number of amides is 1. The number of anilines is 1. The minimum absolute atomic E-state index is 0.00932. The highest BCUT2D eigenvalue weighted by atomic mass is 35.5. The molecule has 1 fully saturated rings. The third kappa shape index (κ3) is 3.47. The van der Waals surface area contributed by atoms with E-state index in [4.69, 9.17) is 16.3 Å². The number of carbonyl (C=O) groups excluding carboxylic acids is 2. The number of esters is 1. The fraction of sp³-hybridized carbons (Fsp3) is 0.385. The summed E-state index contributed by atoms with van der Waals surface area (Å²) in [5.74, 6) is -0.609. The van der Waals surface area contributed by atoms with Crippen LogP contribution in [0.4, 0.5) is 5.69 Å². The molecule has 5 heteroatoms. The van der Waals surface area contributed by atoms with Crippen LogP contribution in [-0.4, -0.2) is 18.5 Å². The van der Waals surface area contributed by atoms with Gasteiger partial charge in [-0.05, 0) is 43.5 Å². The molecule has 1 aromatic rings. The Labute approximate surface area is 110 Å². The lowest BCUT2D eigenvalue weighted by Crippen LogP contribution is -2.21. The number of rotatable bonds is 4. The number of hydrogen-bond acceptors (Lipinski definition) is 3. The van der Waals surface area contributed by atoms with Crippen molar-refractivity contribution in [2.24, 2.45) is 5.92 Å². The van der Waals surface area contributed by atoms with Crippen molar-refractivity contribution in [1.29, 1.82) is 0 Å². The van der Waals surface area contributed by atoms with Gasteiger partial charge in [-0.3, -0.25) is 9.59 Å². The highest BCUT2D eigenvalue weighted by Gasteiger charge is 2.31. The van der Waals surface area contributed by atoms with E-state index in [1.54, 1.807) is 18.2 Å². The summed E-state index contributed by atoms with van der Waals surface area (Å²) < 4.78 is 4.89. The second-order valence-electron chi connectivity index (χ2n) is 4.39. The molecule has 0 aliphatic heterocycles. The van der Waals surface area contributed by atoms with Gasteiger partial charge in [0, 0.05) is 10.7 Å². The summed E-state index contributed by atoms with van der Waals surface area (Å²) in [4.78, 5) is 22.8. The number of aryl methyl sites for hydroxylation is 1. The first-order valence-corrected chi connectivity index (χ1v) is 6.16. The Balaban J connectivity index is 1.84. The van der Waals surface area contributed by atoms with Crippen molar-refractivity contribution in [2.45, 2.75) is 19.8 Å². The van der Waals surface area contributed by atoms with E-state index in [0.29, 0.717) is 10.7 Å². The van der Waals surface area contributed by atoms with Crippen LogP contribution in [0.5, 0.6) is 0 Å². The van der Waals surface area contributed by atoms with Crippen LogP contribution in [0.1, 0.15) is 18.4 Å². The maximum Gasteiger partial charge on any atom is 0.309 e. The highest BCUT2D eigenvalue weighted by molar-refractivity contribution is 6.30. The van der Waals surface area contributed by atoms with Gasteiger partial charge in [0.05, 0.1) is 5.92 Å². The second kappa shape index (κ2) is 5.40. The summed E-state index contributed by atoms with van der Waals surface area (Å²) in [7, 11) is 0. The molecule has 1 aliphatic carbocycles. The molecule has 1 saturated carbocycles. The first kappa shape index (κ1) is 12.9. The molecule has 0 atom stereocenters. The number of ether oxygens (including phenoxy) is 1. The molecule has 0 bridgehead atoms. The molecule has 1 aromatic carbocycles. The SMILES string of the molecule is Cc1cc(Cl)ccc1NC(=O)COC(=O)C1CC1. The lowest BCUT2D eigenvalue weighted by atomic mass is 10.2. The maximum atomic E-state index is 11.6. The van der Waals surface area contributed by atoms with Gasteiger partial charge in [-0.2, -0.15) is 0 Å². The quantitative estimate of drug-likeness (QED) is 0.853. The molecule has 0 radical (unpaired) electrons. The van der Waals surface area contributed by atoms with Crippen LogP contribution >= 0.6 is 11.6 Å². The first-order valence-electron chi connectivity index (χ1n) is 5.79. The third-order valence-corrected chi connectivity index (χ3v) is 2.95. The number of benzene rings is 1. The minimum Gasteiger partial charge on any atom is -0.455 e.